The zero-order chi connectivity index (χ0) is 24.5. The second-order valence-corrected chi connectivity index (χ2v) is 7.89. The molecule has 3 aromatic rings. The molecule has 172 valence electrons. The van der Waals surface area contributed by atoms with Crippen molar-refractivity contribution in [2.24, 2.45) is 0 Å². The van der Waals surface area contributed by atoms with E-state index in [0.29, 0.717) is 6.29 Å². The molecule has 5 rings (SSSR count). The number of cyclic esters (lactones) is 1. The number of benzene rings is 1. The number of aromatic nitrogens is 2. The number of carbonyl (C=O) groups excluding carboxylic acids is 2. The van der Waals surface area contributed by atoms with Gasteiger partial charge in [0.1, 0.15) is 18.0 Å². The summed E-state index contributed by atoms with van der Waals surface area (Å²) in [7, 11) is 0. The van der Waals surface area contributed by atoms with Gasteiger partial charge in [0.2, 0.25) is 0 Å². The van der Waals surface area contributed by atoms with Crippen molar-refractivity contribution in [2.75, 3.05) is 0 Å². The highest BCUT2D eigenvalue weighted by molar-refractivity contribution is 6.05. The summed E-state index contributed by atoms with van der Waals surface area (Å²) in [6, 6.07) is 3.95. The monoisotopic (exact) mass is 466 g/mol. The summed E-state index contributed by atoms with van der Waals surface area (Å²) >= 11 is 0. The summed E-state index contributed by atoms with van der Waals surface area (Å²) < 4.78 is 5.96. The first-order chi connectivity index (χ1) is 16.2. The summed E-state index contributed by atoms with van der Waals surface area (Å²) in [5.74, 6) is -1.12. The van der Waals surface area contributed by atoms with E-state index in [9.17, 15) is 39.7 Å². The minimum atomic E-state index is -2.43. The van der Waals surface area contributed by atoms with E-state index in [1.54, 1.807) is 0 Å². The van der Waals surface area contributed by atoms with Crippen molar-refractivity contribution in [3.63, 3.8) is 0 Å². The van der Waals surface area contributed by atoms with Gasteiger partial charge in [-0.3, -0.25) is 34.4 Å². The average molecular weight is 466 g/mol. The van der Waals surface area contributed by atoms with Gasteiger partial charge in [-0.2, -0.15) is 0 Å². The maximum Gasteiger partial charge on any atom is 0.343 e. The van der Waals surface area contributed by atoms with Crippen LogP contribution >= 0.6 is 0 Å². The van der Waals surface area contributed by atoms with Crippen molar-refractivity contribution >= 4 is 34.5 Å². The average Bonchev–Trinajstić information content (AvgIpc) is 3.18. The standard InChI is InChI=1S/C21H14N4O9/c1-2-21(29)15-11(8-34-20(21)28)19(27)23-6-9-10(7-26)14-12(4-3-5-13(14)24(30)31)22-16(9)18(23)17(15)25(32)33/h3-5,7,29H,2,6,8H2,1H3. The normalized spacial score (nSPS) is 18.1. The molecule has 2 aliphatic heterocycles. The van der Waals surface area contributed by atoms with Crippen LogP contribution in [-0.2, 0) is 28.3 Å². The van der Waals surface area contributed by atoms with Crippen molar-refractivity contribution in [2.45, 2.75) is 32.1 Å². The van der Waals surface area contributed by atoms with Gasteiger partial charge in [0.25, 0.3) is 11.2 Å². The zero-order valence-electron chi connectivity index (χ0n) is 17.4. The number of nitro groups is 2. The molecule has 0 saturated carbocycles. The van der Waals surface area contributed by atoms with Crippen LogP contribution in [0.15, 0.2) is 23.0 Å². The van der Waals surface area contributed by atoms with E-state index in [4.69, 9.17) is 4.74 Å². The number of pyridine rings is 2. The lowest BCUT2D eigenvalue weighted by Crippen LogP contribution is -2.45. The Bertz CT molecular complexity index is 1560. The predicted molar refractivity (Wildman–Crippen MR) is 113 cm³/mol. The fraction of sp³-hybridized carbons (Fsp3) is 0.238. The number of nitro benzene ring substituents is 1. The van der Waals surface area contributed by atoms with Gasteiger partial charge in [0.15, 0.2) is 11.9 Å². The topological polar surface area (TPSA) is 185 Å². The molecule has 34 heavy (non-hydrogen) atoms. The van der Waals surface area contributed by atoms with Crippen LogP contribution in [0.4, 0.5) is 11.4 Å². The van der Waals surface area contributed by atoms with Crippen molar-refractivity contribution in [3.05, 3.63) is 71.0 Å². The number of aldehydes is 1. The molecule has 13 nitrogen and oxygen atoms in total. The Labute approximate surface area is 188 Å². The largest absolute Gasteiger partial charge is 0.458 e. The minimum absolute atomic E-state index is 0.0214. The molecule has 4 heterocycles. The quantitative estimate of drug-likeness (QED) is 0.201. The maximum atomic E-state index is 13.3. The Hall–Kier alpha value is -4.52. The van der Waals surface area contributed by atoms with E-state index in [1.165, 1.54) is 25.1 Å². The van der Waals surface area contributed by atoms with Gasteiger partial charge in [-0.25, -0.2) is 9.78 Å². The van der Waals surface area contributed by atoms with Crippen LogP contribution in [0.1, 0.15) is 40.4 Å². The lowest BCUT2D eigenvalue weighted by atomic mass is 9.84. The second-order valence-electron chi connectivity index (χ2n) is 7.89. The number of hydrogen-bond acceptors (Lipinski definition) is 10. The number of rotatable bonds is 4. The lowest BCUT2D eigenvalue weighted by Gasteiger charge is -2.31. The summed E-state index contributed by atoms with van der Waals surface area (Å²) in [4.78, 5) is 64.5. The summed E-state index contributed by atoms with van der Waals surface area (Å²) in [6.45, 7) is 0.516. The summed E-state index contributed by atoms with van der Waals surface area (Å²) in [5, 5.41) is 34.8. The molecule has 1 aromatic carbocycles. The van der Waals surface area contributed by atoms with Crippen LogP contribution in [0.25, 0.3) is 22.3 Å². The molecule has 2 aliphatic rings. The molecule has 2 aromatic heterocycles. The van der Waals surface area contributed by atoms with Gasteiger partial charge in [-0.15, -0.1) is 0 Å². The van der Waals surface area contributed by atoms with Crippen LogP contribution in [-0.4, -0.2) is 36.8 Å². The number of esters is 1. The molecule has 0 bridgehead atoms. The first-order valence-corrected chi connectivity index (χ1v) is 10.0. The SMILES string of the molecule is CCC1(O)C(=O)OCc2c1c([N+](=O)[O-])c1n(c2=O)Cc2c-1nc1cccc([N+](=O)[O-])c1c2C=O. The molecular formula is C21H14N4O9. The molecule has 0 fully saturated rings. The Balaban J connectivity index is 1.97. The van der Waals surface area contributed by atoms with Crippen molar-refractivity contribution in [3.8, 4) is 11.4 Å². The third-order valence-electron chi connectivity index (χ3n) is 6.32. The summed E-state index contributed by atoms with van der Waals surface area (Å²) in [5.41, 5.74) is -5.40. The number of aliphatic hydroxyl groups is 1. The van der Waals surface area contributed by atoms with Gasteiger partial charge in [-0.05, 0) is 12.5 Å². The van der Waals surface area contributed by atoms with E-state index < -0.39 is 44.8 Å². The van der Waals surface area contributed by atoms with E-state index in [-0.39, 0.29) is 57.6 Å². The third-order valence-corrected chi connectivity index (χ3v) is 6.32. The fourth-order valence-corrected chi connectivity index (χ4v) is 4.75. The second kappa shape index (κ2) is 6.99. The van der Waals surface area contributed by atoms with E-state index in [1.807, 2.05) is 0 Å². The molecular weight excluding hydrogens is 452 g/mol. The fourth-order valence-electron chi connectivity index (χ4n) is 4.75. The highest BCUT2D eigenvalue weighted by atomic mass is 16.6. The Morgan fingerprint density at radius 3 is 2.59 bits per heavy atom. The molecule has 1 atom stereocenters. The number of non-ortho nitro benzene ring substituents is 1. The predicted octanol–water partition coefficient (Wildman–Crippen LogP) is 1.71. The minimum Gasteiger partial charge on any atom is -0.458 e. The van der Waals surface area contributed by atoms with Gasteiger partial charge in [0, 0.05) is 17.2 Å². The van der Waals surface area contributed by atoms with Crippen LogP contribution in [0, 0.1) is 20.2 Å². The Morgan fingerprint density at radius 2 is 1.97 bits per heavy atom. The van der Waals surface area contributed by atoms with E-state index in [2.05, 4.69) is 4.98 Å². The first kappa shape index (κ1) is 21.3. The van der Waals surface area contributed by atoms with Crippen LogP contribution in [0.2, 0.25) is 0 Å². The molecule has 13 heteroatoms. The molecule has 0 radical (unpaired) electrons. The highest BCUT2D eigenvalue weighted by Crippen LogP contribution is 2.47. The molecule has 0 aliphatic carbocycles. The van der Waals surface area contributed by atoms with E-state index in [0.717, 1.165) is 4.57 Å². The van der Waals surface area contributed by atoms with Gasteiger partial charge in [-0.1, -0.05) is 13.0 Å². The third kappa shape index (κ3) is 2.52. The molecule has 0 saturated heterocycles. The molecule has 1 N–H and O–H groups in total. The van der Waals surface area contributed by atoms with E-state index >= 15 is 0 Å². The van der Waals surface area contributed by atoms with Gasteiger partial charge >= 0.3 is 11.7 Å². The van der Waals surface area contributed by atoms with Gasteiger partial charge in [0.05, 0.1) is 38.4 Å². The smallest absolute Gasteiger partial charge is 0.343 e. The first-order valence-electron chi connectivity index (χ1n) is 10.0. The summed E-state index contributed by atoms with van der Waals surface area (Å²) in [6.07, 6.45) is 0.0832. The highest BCUT2D eigenvalue weighted by Gasteiger charge is 2.52. The zero-order valence-corrected chi connectivity index (χ0v) is 17.4. The van der Waals surface area contributed by atoms with Crippen molar-refractivity contribution in [1.82, 2.24) is 9.55 Å². The number of hydrogen-bond donors (Lipinski definition) is 1. The maximum absolute atomic E-state index is 13.3. The van der Waals surface area contributed by atoms with Gasteiger partial charge < -0.3 is 9.84 Å². The number of nitrogens with zero attached hydrogens (tertiary/aromatic N) is 4. The number of fused-ring (bicyclic) bond motifs is 5. The van der Waals surface area contributed by atoms with Crippen LogP contribution < -0.4 is 5.56 Å². The molecule has 1 unspecified atom stereocenters. The van der Waals surface area contributed by atoms with Crippen molar-refractivity contribution < 1.29 is 29.3 Å². The molecule has 0 amide bonds. The Kier molecular flexibility index (Phi) is 4.38. The Morgan fingerprint density at radius 1 is 1.24 bits per heavy atom. The van der Waals surface area contributed by atoms with Crippen LogP contribution in [0.3, 0.4) is 0 Å². The number of ether oxygens (including phenoxy) is 1. The number of carbonyl (C=O) groups is 2. The molecule has 0 spiro atoms. The lowest BCUT2D eigenvalue weighted by molar-refractivity contribution is -0.386. The van der Waals surface area contributed by atoms with Crippen molar-refractivity contribution in [1.29, 1.82) is 0 Å². The van der Waals surface area contributed by atoms with Crippen LogP contribution in [0.5, 0.6) is 0 Å².